The molecule has 0 bridgehead atoms. The molecular formula is C15H23FN2O. The third kappa shape index (κ3) is 4.30. The SMILES string of the molecule is CC(C)Oc1cc(NCCCC2CC2)c(N)cc1F. The maximum absolute atomic E-state index is 13.7. The number of hydrogen-bond donors (Lipinski definition) is 2. The van der Waals surface area contributed by atoms with Gasteiger partial charge in [0.1, 0.15) is 0 Å². The second kappa shape index (κ2) is 6.13. The van der Waals surface area contributed by atoms with Crippen LogP contribution in [0.25, 0.3) is 0 Å². The Bertz CT molecular complexity index is 430. The van der Waals surface area contributed by atoms with Gasteiger partial charge in [-0.2, -0.15) is 0 Å². The molecule has 106 valence electrons. The van der Waals surface area contributed by atoms with Crippen molar-refractivity contribution in [3.05, 3.63) is 17.9 Å². The molecule has 19 heavy (non-hydrogen) atoms. The molecule has 0 unspecified atom stereocenters. The van der Waals surface area contributed by atoms with E-state index in [4.69, 9.17) is 10.5 Å². The number of benzene rings is 1. The molecule has 1 aliphatic rings. The molecule has 1 aliphatic carbocycles. The molecule has 2 rings (SSSR count). The van der Waals surface area contributed by atoms with E-state index >= 15 is 0 Å². The molecular weight excluding hydrogens is 243 g/mol. The quantitative estimate of drug-likeness (QED) is 0.583. The van der Waals surface area contributed by atoms with Crippen LogP contribution in [0, 0.1) is 11.7 Å². The molecule has 1 aromatic carbocycles. The number of rotatable bonds is 7. The van der Waals surface area contributed by atoms with Crippen molar-refractivity contribution < 1.29 is 9.13 Å². The van der Waals surface area contributed by atoms with Gasteiger partial charge in [0.2, 0.25) is 0 Å². The molecule has 1 aromatic rings. The summed E-state index contributed by atoms with van der Waals surface area (Å²) in [5.74, 6) is 0.788. The van der Waals surface area contributed by atoms with Gasteiger partial charge in [-0.3, -0.25) is 0 Å². The maximum atomic E-state index is 13.7. The molecule has 0 saturated heterocycles. The van der Waals surface area contributed by atoms with Crippen LogP contribution in [0.5, 0.6) is 5.75 Å². The van der Waals surface area contributed by atoms with Crippen LogP contribution in [-0.2, 0) is 0 Å². The van der Waals surface area contributed by atoms with Crippen LogP contribution in [0.4, 0.5) is 15.8 Å². The Kier molecular flexibility index (Phi) is 4.51. The summed E-state index contributed by atoms with van der Waals surface area (Å²) in [6.45, 7) is 4.62. The smallest absolute Gasteiger partial charge is 0.167 e. The monoisotopic (exact) mass is 266 g/mol. The predicted molar refractivity (Wildman–Crippen MR) is 77.0 cm³/mol. The lowest BCUT2D eigenvalue weighted by atomic mass is 10.2. The molecule has 3 N–H and O–H groups in total. The van der Waals surface area contributed by atoms with Crippen molar-refractivity contribution in [2.24, 2.45) is 5.92 Å². The molecule has 0 amide bonds. The van der Waals surface area contributed by atoms with E-state index in [-0.39, 0.29) is 11.9 Å². The normalized spacial score (nSPS) is 14.7. The average Bonchev–Trinajstić information content (AvgIpc) is 3.13. The highest BCUT2D eigenvalue weighted by Crippen LogP contribution is 2.33. The highest BCUT2D eigenvalue weighted by atomic mass is 19.1. The minimum Gasteiger partial charge on any atom is -0.488 e. The van der Waals surface area contributed by atoms with E-state index in [0.717, 1.165) is 24.6 Å². The fourth-order valence-electron chi connectivity index (χ4n) is 2.09. The van der Waals surface area contributed by atoms with Crippen LogP contribution >= 0.6 is 0 Å². The molecule has 0 radical (unpaired) electrons. The van der Waals surface area contributed by atoms with Crippen LogP contribution in [0.2, 0.25) is 0 Å². The lowest BCUT2D eigenvalue weighted by Gasteiger charge is -2.15. The van der Waals surface area contributed by atoms with Gasteiger partial charge in [-0.15, -0.1) is 0 Å². The van der Waals surface area contributed by atoms with E-state index < -0.39 is 5.82 Å². The van der Waals surface area contributed by atoms with Gasteiger partial charge in [0, 0.05) is 18.7 Å². The van der Waals surface area contributed by atoms with E-state index in [2.05, 4.69) is 5.32 Å². The molecule has 4 heteroatoms. The van der Waals surface area contributed by atoms with Crippen molar-refractivity contribution in [3.63, 3.8) is 0 Å². The summed E-state index contributed by atoms with van der Waals surface area (Å²) in [6, 6.07) is 2.97. The Morgan fingerprint density at radius 3 is 2.79 bits per heavy atom. The third-order valence-electron chi connectivity index (χ3n) is 3.27. The zero-order valence-corrected chi connectivity index (χ0v) is 11.7. The molecule has 3 nitrogen and oxygen atoms in total. The highest BCUT2D eigenvalue weighted by Gasteiger charge is 2.20. The predicted octanol–water partition coefficient (Wildman–Crippen LogP) is 3.80. The first-order chi connectivity index (χ1) is 9.06. The molecule has 1 fully saturated rings. The zero-order chi connectivity index (χ0) is 13.8. The summed E-state index contributed by atoms with van der Waals surface area (Å²) in [6.07, 6.45) is 5.10. The van der Waals surface area contributed by atoms with Gasteiger partial charge >= 0.3 is 0 Å². The van der Waals surface area contributed by atoms with Crippen molar-refractivity contribution in [3.8, 4) is 5.75 Å². The van der Waals surface area contributed by atoms with Crippen LogP contribution in [0.15, 0.2) is 12.1 Å². The average molecular weight is 266 g/mol. The molecule has 0 spiro atoms. The largest absolute Gasteiger partial charge is 0.488 e. The van der Waals surface area contributed by atoms with Gasteiger partial charge < -0.3 is 15.8 Å². The summed E-state index contributed by atoms with van der Waals surface area (Å²) in [4.78, 5) is 0. The van der Waals surface area contributed by atoms with Gasteiger partial charge in [0.15, 0.2) is 11.6 Å². The number of hydrogen-bond acceptors (Lipinski definition) is 3. The van der Waals surface area contributed by atoms with Crippen molar-refractivity contribution >= 4 is 11.4 Å². The van der Waals surface area contributed by atoms with E-state index in [0.29, 0.717) is 5.69 Å². The zero-order valence-electron chi connectivity index (χ0n) is 11.7. The number of nitrogens with one attached hydrogen (secondary N) is 1. The van der Waals surface area contributed by atoms with E-state index in [1.54, 1.807) is 6.07 Å². The third-order valence-corrected chi connectivity index (χ3v) is 3.27. The van der Waals surface area contributed by atoms with Gasteiger partial charge in [-0.25, -0.2) is 4.39 Å². The highest BCUT2D eigenvalue weighted by molar-refractivity contribution is 5.68. The van der Waals surface area contributed by atoms with E-state index in [9.17, 15) is 4.39 Å². The van der Waals surface area contributed by atoms with Crippen molar-refractivity contribution in [2.75, 3.05) is 17.6 Å². The summed E-state index contributed by atoms with van der Waals surface area (Å²) >= 11 is 0. The molecule has 0 atom stereocenters. The standard InChI is InChI=1S/C15H23FN2O/c1-10(2)19-15-9-14(13(17)8-12(15)16)18-7-3-4-11-5-6-11/h8-11,18H,3-7,17H2,1-2H3. The topological polar surface area (TPSA) is 47.3 Å². The van der Waals surface area contributed by atoms with E-state index in [1.165, 1.54) is 25.3 Å². The van der Waals surface area contributed by atoms with Gasteiger partial charge in [-0.05, 0) is 32.6 Å². The minimum absolute atomic E-state index is 0.0548. The lowest BCUT2D eigenvalue weighted by molar-refractivity contribution is 0.231. The minimum atomic E-state index is -0.408. The second-order valence-corrected chi connectivity index (χ2v) is 5.55. The van der Waals surface area contributed by atoms with Crippen LogP contribution < -0.4 is 15.8 Å². The summed E-state index contributed by atoms with van der Waals surface area (Å²) in [7, 11) is 0. The second-order valence-electron chi connectivity index (χ2n) is 5.55. The van der Waals surface area contributed by atoms with Gasteiger partial charge in [0.05, 0.1) is 17.5 Å². The fraction of sp³-hybridized carbons (Fsp3) is 0.600. The summed E-state index contributed by atoms with van der Waals surface area (Å²) in [5, 5.41) is 3.27. The van der Waals surface area contributed by atoms with Gasteiger partial charge in [0.25, 0.3) is 0 Å². The van der Waals surface area contributed by atoms with Crippen LogP contribution in [-0.4, -0.2) is 12.6 Å². The number of nitrogen functional groups attached to an aromatic ring is 1. The Morgan fingerprint density at radius 2 is 2.16 bits per heavy atom. The Labute approximate surface area is 114 Å². The Morgan fingerprint density at radius 1 is 1.42 bits per heavy atom. The van der Waals surface area contributed by atoms with Crippen LogP contribution in [0.3, 0.4) is 0 Å². The molecule has 0 aromatic heterocycles. The molecule has 0 heterocycles. The van der Waals surface area contributed by atoms with E-state index in [1.807, 2.05) is 13.8 Å². The first-order valence-corrected chi connectivity index (χ1v) is 7.06. The van der Waals surface area contributed by atoms with Crippen LogP contribution in [0.1, 0.15) is 39.5 Å². The molecule has 0 aliphatic heterocycles. The first kappa shape index (κ1) is 14.0. The summed E-state index contributed by atoms with van der Waals surface area (Å²) < 4.78 is 19.1. The number of nitrogens with two attached hydrogens (primary N) is 1. The Balaban J connectivity index is 1.93. The number of anilines is 2. The van der Waals surface area contributed by atoms with Crippen molar-refractivity contribution in [2.45, 2.75) is 45.6 Å². The lowest BCUT2D eigenvalue weighted by Crippen LogP contribution is -2.09. The summed E-state index contributed by atoms with van der Waals surface area (Å²) in [5.41, 5.74) is 7.01. The molecule has 1 saturated carbocycles. The first-order valence-electron chi connectivity index (χ1n) is 7.06. The Hall–Kier alpha value is -1.45. The number of halogens is 1. The maximum Gasteiger partial charge on any atom is 0.167 e. The number of ether oxygens (including phenoxy) is 1. The van der Waals surface area contributed by atoms with Crippen molar-refractivity contribution in [1.29, 1.82) is 0 Å². The fourth-order valence-corrected chi connectivity index (χ4v) is 2.09. The van der Waals surface area contributed by atoms with Crippen molar-refractivity contribution in [1.82, 2.24) is 0 Å². The van der Waals surface area contributed by atoms with Gasteiger partial charge in [-0.1, -0.05) is 12.8 Å².